The van der Waals surface area contributed by atoms with Crippen LogP contribution >= 0.6 is 39.9 Å². The van der Waals surface area contributed by atoms with E-state index < -0.39 is 0 Å². The van der Waals surface area contributed by atoms with Gasteiger partial charge >= 0.3 is 0 Å². The van der Waals surface area contributed by atoms with Gasteiger partial charge in [0.2, 0.25) is 5.91 Å². The van der Waals surface area contributed by atoms with Gasteiger partial charge in [-0.2, -0.15) is 0 Å². The van der Waals surface area contributed by atoms with E-state index in [0.717, 1.165) is 49.5 Å². The maximum Gasteiger partial charge on any atom is 0.224 e. The van der Waals surface area contributed by atoms with Crippen molar-refractivity contribution < 1.29 is 4.79 Å². The Kier molecular flexibility index (Phi) is 10.4. The van der Waals surface area contributed by atoms with Crippen molar-refractivity contribution in [3.8, 4) is 0 Å². The number of benzene rings is 1. The van der Waals surface area contributed by atoms with Gasteiger partial charge in [0, 0.05) is 44.1 Å². The largest absolute Gasteiger partial charge is 0.357 e. The molecular formula is C18H28BrIN4O. The first kappa shape index (κ1) is 22.2. The van der Waals surface area contributed by atoms with E-state index in [2.05, 4.69) is 44.1 Å². The van der Waals surface area contributed by atoms with E-state index in [0.29, 0.717) is 13.0 Å². The molecule has 0 spiro atoms. The van der Waals surface area contributed by atoms with Gasteiger partial charge in [-0.25, -0.2) is 0 Å². The summed E-state index contributed by atoms with van der Waals surface area (Å²) in [5.74, 6) is 1.06. The molecule has 0 atom stereocenters. The molecule has 140 valence electrons. The predicted octanol–water partition coefficient (Wildman–Crippen LogP) is 3.48. The Morgan fingerprint density at radius 2 is 2.00 bits per heavy atom. The van der Waals surface area contributed by atoms with Crippen LogP contribution in [0.2, 0.25) is 0 Å². The van der Waals surface area contributed by atoms with Gasteiger partial charge in [0.1, 0.15) is 0 Å². The van der Waals surface area contributed by atoms with Gasteiger partial charge in [-0.15, -0.1) is 24.0 Å². The number of amides is 1. The molecule has 1 aromatic carbocycles. The zero-order valence-corrected chi connectivity index (χ0v) is 18.9. The van der Waals surface area contributed by atoms with Crippen molar-refractivity contribution in [3.63, 3.8) is 0 Å². The summed E-state index contributed by atoms with van der Waals surface area (Å²) in [7, 11) is 2.02. The Hall–Kier alpha value is -0.830. The minimum atomic E-state index is 0. The summed E-state index contributed by atoms with van der Waals surface area (Å²) in [6.45, 7) is 5.96. The van der Waals surface area contributed by atoms with E-state index in [1.54, 1.807) is 0 Å². The molecule has 0 aliphatic carbocycles. The highest BCUT2D eigenvalue weighted by Gasteiger charge is 2.17. The summed E-state index contributed by atoms with van der Waals surface area (Å²) in [6.07, 6.45) is 2.75. The first-order valence-electron chi connectivity index (χ1n) is 8.62. The summed E-state index contributed by atoms with van der Waals surface area (Å²) in [5, 5.41) is 3.30. The second-order valence-corrected chi connectivity index (χ2v) is 6.88. The molecule has 7 heteroatoms. The van der Waals surface area contributed by atoms with Crippen molar-refractivity contribution >= 4 is 51.8 Å². The molecule has 1 aromatic rings. The Bertz CT molecular complexity index is 576. The van der Waals surface area contributed by atoms with Crippen molar-refractivity contribution in [2.45, 2.75) is 32.7 Å². The normalized spacial score (nSPS) is 14.2. The van der Waals surface area contributed by atoms with E-state index in [4.69, 9.17) is 0 Å². The molecule has 0 unspecified atom stereocenters. The highest BCUT2D eigenvalue weighted by atomic mass is 127. The molecule has 5 nitrogen and oxygen atoms in total. The van der Waals surface area contributed by atoms with Crippen LogP contribution in [0.15, 0.2) is 33.7 Å². The van der Waals surface area contributed by atoms with E-state index in [-0.39, 0.29) is 29.9 Å². The van der Waals surface area contributed by atoms with Crippen molar-refractivity contribution in [3.05, 3.63) is 34.3 Å². The monoisotopic (exact) mass is 522 g/mol. The SMILES string of the molecule is CCNC(=NCCC(=O)N1CCCC1)N(C)Cc1ccccc1Br.I. The fourth-order valence-corrected chi connectivity index (χ4v) is 3.22. The van der Waals surface area contributed by atoms with Crippen LogP contribution in [0, 0.1) is 0 Å². The van der Waals surface area contributed by atoms with Crippen LogP contribution in [0.4, 0.5) is 0 Å². The summed E-state index contributed by atoms with van der Waals surface area (Å²) in [4.78, 5) is 20.8. The standard InChI is InChI=1S/C18H27BrN4O.HI/c1-3-20-18(21-11-10-17(24)23-12-6-7-13-23)22(2)14-15-8-4-5-9-16(15)19;/h4-5,8-9H,3,6-7,10-14H2,1-2H3,(H,20,21);1H. The molecule has 0 saturated carbocycles. The number of nitrogens with one attached hydrogen (secondary N) is 1. The second-order valence-electron chi connectivity index (χ2n) is 6.02. The van der Waals surface area contributed by atoms with Gasteiger partial charge in [-0.3, -0.25) is 9.79 Å². The van der Waals surface area contributed by atoms with Crippen molar-refractivity contribution in [2.75, 3.05) is 33.2 Å². The van der Waals surface area contributed by atoms with Crippen LogP contribution in [0.3, 0.4) is 0 Å². The van der Waals surface area contributed by atoms with Gasteiger partial charge in [0.05, 0.1) is 6.54 Å². The second kappa shape index (κ2) is 11.7. The fourth-order valence-electron chi connectivity index (χ4n) is 2.81. The molecule has 2 rings (SSSR count). The lowest BCUT2D eigenvalue weighted by atomic mass is 10.2. The molecule has 1 amide bonds. The zero-order valence-electron chi connectivity index (χ0n) is 15.0. The minimum Gasteiger partial charge on any atom is -0.357 e. The average molecular weight is 523 g/mol. The number of hydrogen-bond acceptors (Lipinski definition) is 2. The molecule has 25 heavy (non-hydrogen) atoms. The molecule has 1 fully saturated rings. The number of rotatable bonds is 6. The number of halogens is 2. The Morgan fingerprint density at radius 1 is 1.32 bits per heavy atom. The highest BCUT2D eigenvalue weighted by molar-refractivity contribution is 14.0. The van der Waals surface area contributed by atoms with Gasteiger partial charge in [-0.05, 0) is 31.4 Å². The fraction of sp³-hybridized carbons (Fsp3) is 0.556. The maximum absolute atomic E-state index is 12.1. The van der Waals surface area contributed by atoms with Crippen LogP contribution in [0.5, 0.6) is 0 Å². The summed E-state index contributed by atoms with van der Waals surface area (Å²) in [6, 6.07) is 8.19. The number of hydrogen-bond donors (Lipinski definition) is 1. The first-order valence-corrected chi connectivity index (χ1v) is 9.41. The molecule has 1 saturated heterocycles. The third-order valence-corrected chi connectivity index (χ3v) is 4.88. The third-order valence-electron chi connectivity index (χ3n) is 4.11. The predicted molar refractivity (Wildman–Crippen MR) is 117 cm³/mol. The zero-order chi connectivity index (χ0) is 17.4. The number of aliphatic imine (C=N–C) groups is 1. The number of carbonyl (C=O) groups excluding carboxylic acids is 1. The van der Waals surface area contributed by atoms with Crippen molar-refractivity contribution in [1.82, 2.24) is 15.1 Å². The summed E-state index contributed by atoms with van der Waals surface area (Å²) < 4.78 is 1.09. The van der Waals surface area contributed by atoms with Gasteiger partial charge < -0.3 is 15.1 Å². The van der Waals surface area contributed by atoms with E-state index >= 15 is 0 Å². The highest BCUT2D eigenvalue weighted by Crippen LogP contribution is 2.17. The van der Waals surface area contributed by atoms with Crippen molar-refractivity contribution in [1.29, 1.82) is 0 Å². The summed E-state index contributed by atoms with van der Waals surface area (Å²) >= 11 is 3.59. The third kappa shape index (κ3) is 7.13. The topological polar surface area (TPSA) is 47.9 Å². The smallest absolute Gasteiger partial charge is 0.224 e. The molecule has 1 N–H and O–H groups in total. The molecule has 0 bridgehead atoms. The number of guanidine groups is 1. The molecule has 1 heterocycles. The number of nitrogens with zero attached hydrogens (tertiary/aromatic N) is 3. The van der Waals surface area contributed by atoms with E-state index in [9.17, 15) is 4.79 Å². The Labute approximate surface area is 176 Å². The van der Waals surface area contributed by atoms with Crippen molar-refractivity contribution in [2.24, 2.45) is 4.99 Å². The lowest BCUT2D eigenvalue weighted by Gasteiger charge is -2.23. The minimum absolute atomic E-state index is 0. The number of carbonyl (C=O) groups is 1. The van der Waals surface area contributed by atoms with Crippen LogP contribution < -0.4 is 5.32 Å². The quantitative estimate of drug-likeness (QED) is 0.353. The lowest BCUT2D eigenvalue weighted by molar-refractivity contribution is -0.129. The van der Waals surface area contributed by atoms with Crippen LogP contribution in [0.1, 0.15) is 31.7 Å². The molecular weight excluding hydrogens is 495 g/mol. The lowest BCUT2D eigenvalue weighted by Crippen LogP contribution is -2.38. The van der Waals surface area contributed by atoms with E-state index in [1.807, 2.05) is 30.1 Å². The van der Waals surface area contributed by atoms with Crippen LogP contribution in [-0.2, 0) is 11.3 Å². The Morgan fingerprint density at radius 3 is 2.64 bits per heavy atom. The van der Waals surface area contributed by atoms with Crippen LogP contribution in [-0.4, -0.2) is 54.9 Å². The average Bonchev–Trinajstić information content (AvgIpc) is 3.10. The first-order chi connectivity index (χ1) is 11.6. The van der Waals surface area contributed by atoms with Gasteiger partial charge in [0.25, 0.3) is 0 Å². The Balaban J connectivity index is 0.00000312. The van der Waals surface area contributed by atoms with E-state index in [1.165, 1.54) is 5.56 Å². The number of likely N-dealkylation sites (tertiary alicyclic amines) is 1. The molecule has 1 aliphatic heterocycles. The summed E-state index contributed by atoms with van der Waals surface area (Å²) in [5.41, 5.74) is 1.21. The maximum atomic E-state index is 12.1. The molecule has 0 radical (unpaired) electrons. The van der Waals surface area contributed by atoms with Crippen LogP contribution in [0.25, 0.3) is 0 Å². The molecule has 0 aromatic heterocycles. The van der Waals surface area contributed by atoms with Gasteiger partial charge in [-0.1, -0.05) is 34.1 Å². The van der Waals surface area contributed by atoms with Gasteiger partial charge in [0.15, 0.2) is 5.96 Å². The molecule has 1 aliphatic rings.